The molecule has 1 aliphatic heterocycles. The van der Waals surface area contributed by atoms with Crippen LogP contribution in [0.4, 0.5) is 4.39 Å². The summed E-state index contributed by atoms with van der Waals surface area (Å²) in [6.07, 6.45) is 7.93. The standard InChI is InChI=1S/C27H34FN3O4Si/c1-5-33-13-11-21-18-30(17-20-6-8-22(28)9-7-20)24-16-29-26-23(25(21)24)10-12-31(27(26)32)35-19-34-14-15-36(2,3)4/h6-9,11,13,16,18H,5,10,12,14-15,17,19H2,1-4H3/b13-11-. The SMILES string of the molecule is CCO/C=C\c1cn(Cc2ccc(F)cc2)c2cnc3c(c12)CCN(OCOCC[Si](C)(C)C)C3=O. The summed E-state index contributed by atoms with van der Waals surface area (Å²) in [5.41, 5.74) is 4.10. The number of amides is 1. The van der Waals surface area contributed by atoms with Crippen molar-refractivity contribution in [3.8, 4) is 0 Å². The molecule has 3 aromatic rings. The maximum atomic E-state index is 13.4. The van der Waals surface area contributed by atoms with Gasteiger partial charge in [0, 0.05) is 38.4 Å². The second-order valence-corrected chi connectivity index (χ2v) is 15.7. The van der Waals surface area contributed by atoms with Crippen molar-refractivity contribution in [1.82, 2.24) is 14.6 Å². The number of hydroxylamine groups is 2. The first-order chi connectivity index (χ1) is 17.3. The molecule has 9 heteroatoms. The molecule has 1 aliphatic rings. The number of rotatable bonds is 11. The molecule has 0 unspecified atom stereocenters. The minimum Gasteiger partial charge on any atom is -0.501 e. The Kier molecular flexibility index (Phi) is 8.23. The van der Waals surface area contributed by atoms with E-state index in [-0.39, 0.29) is 18.5 Å². The van der Waals surface area contributed by atoms with Gasteiger partial charge in [-0.15, -0.1) is 0 Å². The van der Waals surface area contributed by atoms with Gasteiger partial charge in [0.2, 0.25) is 0 Å². The average Bonchev–Trinajstić information content (AvgIpc) is 3.18. The molecule has 0 aliphatic carbocycles. The number of halogens is 1. The normalized spacial score (nSPS) is 14.1. The van der Waals surface area contributed by atoms with E-state index < -0.39 is 8.07 Å². The lowest BCUT2D eigenvalue weighted by atomic mass is 9.99. The van der Waals surface area contributed by atoms with Crippen LogP contribution in [0.15, 0.2) is 42.9 Å². The molecular weight excluding hydrogens is 477 g/mol. The second kappa shape index (κ2) is 11.4. The number of ether oxygens (including phenoxy) is 2. The fourth-order valence-electron chi connectivity index (χ4n) is 4.17. The number of nitrogens with zero attached hydrogens (tertiary/aromatic N) is 3. The largest absolute Gasteiger partial charge is 0.501 e. The summed E-state index contributed by atoms with van der Waals surface area (Å²) < 4.78 is 26.5. The zero-order valence-electron chi connectivity index (χ0n) is 21.4. The van der Waals surface area contributed by atoms with Crippen LogP contribution in [0.5, 0.6) is 0 Å². The molecule has 0 spiro atoms. The van der Waals surface area contributed by atoms with E-state index in [9.17, 15) is 9.18 Å². The highest BCUT2D eigenvalue weighted by molar-refractivity contribution is 6.76. The van der Waals surface area contributed by atoms with Gasteiger partial charge in [-0.3, -0.25) is 4.79 Å². The topological polar surface area (TPSA) is 65.8 Å². The van der Waals surface area contributed by atoms with Gasteiger partial charge < -0.3 is 14.0 Å². The van der Waals surface area contributed by atoms with Crippen LogP contribution in [0.2, 0.25) is 25.7 Å². The van der Waals surface area contributed by atoms with Crippen molar-refractivity contribution < 1.29 is 23.5 Å². The molecule has 0 saturated carbocycles. The fraction of sp³-hybridized carbons (Fsp3) is 0.407. The second-order valence-electron chi connectivity index (χ2n) is 10.1. The highest BCUT2D eigenvalue weighted by Gasteiger charge is 2.30. The van der Waals surface area contributed by atoms with Gasteiger partial charge in [0.25, 0.3) is 5.91 Å². The quantitative estimate of drug-likeness (QED) is 0.148. The van der Waals surface area contributed by atoms with E-state index in [1.165, 1.54) is 17.2 Å². The van der Waals surface area contributed by atoms with E-state index >= 15 is 0 Å². The Bertz CT molecular complexity index is 1230. The van der Waals surface area contributed by atoms with Crippen molar-refractivity contribution in [2.45, 2.75) is 45.6 Å². The average molecular weight is 512 g/mol. The number of carbonyl (C=O) groups is 1. The molecule has 0 radical (unpaired) electrons. The Hall–Kier alpha value is -3.01. The third kappa shape index (κ3) is 6.21. The lowest BCUT2D eigenvalue weighted by Gasteiger charge is -2.27. The van der Waals surface area contributed by atoms with Crippen LogP contribution in [0.25, 0.3) is 17.0 Å². The van der Waals surface area contributed by atoms with Gasteiger partial charge in [-0.05, 0) is 48.7 Å². The summed E-state index contributed by atoms with van der Waals surface area (Å²) in [4.78, 5) is 23.4. The minimum absolute atomic E-state index is 0.0458. The van der Waals surface area contributed by atoms with Gasteiger partial charge in [0.15, 0.2) is 6.79 Å². The highest BCUT2D eigenvalue weighted by atomic mass is 28.3. The summed E-state index contributed by atoms with van der Waals surface area (Å²) in [6, 6.07) is 7.50. The van der Waals surface area contributed by atoms with Crippen molar-refractivity contribution in [1.29, 1.82) is 0 Å². The summed E-state index contributed by atoms with van der Waals surface area (Å²) in [5.74, 6) is -0.531. The zero-order chi connectivity index (χ0) is 25.7. The van der Waals surface area contributed by atoms with Gasteiger partial charge >= 0.3 is 0 Å². The minimum atomic E-state index is -1.18. The Morgan fingerprint density at radius 2 is 1.97 bits per heavy atom. The van der Waals surface area contributed by atoms with Gasteiger partial charge in [-0.1, -0.05) is 31.8 Å². The van der Waals surface area contributed by atoms with Crippen molar-refractivity contribution in [3.05, 3.63) is 71.1 Å². The number of aromatic nitrogens is 2. The predicted octanol–water partition coefficient (Wildman–Crippen LogP) is 5.47. The molecule has 2 aromatic heterocycles. The van der Waals surface area contributed by atoms with E-state index in [0.717, 1.165) is 33.6 Å². The Balaban J connectivity index is 1.58. The fourth-order valence-corrected chi connectivity index (χ4v) is 4.92. The molecule has 0 atom stereocenters. The van der Waals surface area contributed by atoms with Crippen LogP contribution in [-0.2, 0) is 27.3 Å². The Morgan fingerprint density at radius 3 is 2.69 bits per heavy atom. The molecule has 36 heavy (non-hydrogen) atoms. The molecule has 0 fully saturated rings. The van der Waals surface area contributed by atoms with Crippen LogP contribution in [0.3, 0.4) is 0 Å². The molecule has 0 bridgehead atoms. The van der Waals surface area contributed by atoms with Gasteiger partial charge in [0.05, 0.1) is 31.1 Å². The van der Waals surface area contributed by atoms with Crippen molar-refractivity contribution >= 4 is 31.0 Å². The van der Waals surface area contributed by atoms with Crippen LogP contribution in [-0.4, -0.2) is 55.1 Å². The smallest absolute Gasteiger partial charge is 0.296 e. The van der Waals surface area contributed by atoms with Crippen LogP contribution in [0, 0.1) is 5.82 Å². The monoisotopic (exact) mass is 511 g/mol. The summed E-state index contributed by atoms with van der Waals surface area (Å²) in [6.45, 7) is 11.0. The van der Waals surface area contributed by atoms with E-state index in [2.05, 4.69) is 29.2 Å². The van der Waals surface area contributed by atoms with Crippen molar-refractivity contribution in [2.24, 2.45) is 0 Å². The third-order valence-electron chi connectivity index (χ3n) is 6.11. The molecule has 1 aromatic carbocycles. The Labute approximate surface area is 212 Å². The molecule has 192 valence electrons. The van der Waals surface area contributed by atoms with E-state index in [1.54, 1.807) is 24.6 Å². The summed E-state index contributed by atoms with van der Waals surface area (Å²) >= 11 is 0. The van der Waals surface area contributed by atoms with E-state index in [0.29, 0.717) is 38.4 Å². The molecular formula is C27H34FN3O4Si. The van der Waals surface area contributed by atoms with E-state index in [4.69, 9.17) is 14.3 Å². The first kappa shape index (κ1) is 26.1. The van der Waals surface area contributed by atoms with E-state index in [1.807, 2.05) is 19.2 Å². The first-order valence-corrected chi connectivity index (χ1v) is 16.0. The van der Waals surface area contributed by atoms with Crippen LogP contribution < -0.4 is 0 Å². The van der Waals surface area contributed by atoms with Gasteiger partial charge in [-0.2, -0.15) is 0 Å². The van der Waals surface area contributed by atoms with Crippen LogP contribution in [0.1, 0.15) is 34.1 Å². The molecule has 0 saturated heterocycles. The third-order valence-corrected chi connectivity index (χ3v) is 7.82. The molecule has 7 nitrogen and oxygen atoms in total. The number of pyridine rings is 1. The number of hydrogen-bond donors (Lipinski definition) is 0. The molecule has 1 amide bonds. The molecule has 0 N–H and O–H groups in total. The zero-order valence-corrected chi connectivity index (χ0v) is 22.4. The lowest BCUT2D eigenvalue weighted by molar-refractivity contribution is -0.195. The van der Waals surface area contributed by atoms with Gasteiger partial charge in [0.1, 0.15) is 11.5 Å². The summed E-state index contributed by atoms with van der Waals surface area (Å²) in [5, 5.41) is 2.32. The molecule has 4 rings (SSSR count). The van der Waals surface area contributed by atoms with Gasteiger partial charge in [-0.25, -0.2) is 19.3 Å². The predicted molar refractivity (Wildman–Crippen MR) is 141 cm³/mol. The van der Waals surface area contributed by atoms with Crippen molar-refractivity contribution in [3.63, 3.8) is 0 Å². The number of benzene rings is 1. The van der Waals surface area contributed by atoms with Crippen molar-refractivity contribution in [2.75, 3.05) is 26.6 Å². The highest BCUT2D eigenvalue weighted by Crippen LogP contribution is 2.31. The number of fused-ring (bicyclic) bond motifs is 3. The van der Waals surface area contributed by atoms with Crippen LogP contribution >= 0.6 is 0 Å². The number of carbonyl (C=O) groups excluding carboxylic acids is 1. The maximum absolute atomic E-state index is 13.4. The summed E-state index contributed by atoms with van der Waals surface area (Å²) in [7, 11) is -1.18. The maximum Gasteiger partial charge on any atom is 0.296 e. The molecule has 3 heterocycles. The Morgan fingerprint density at radius 1 is 1.19 bits per heavy atom. The first-order valence-electron chi connectivity index (χ1n) is 12.3. The lowest BCUT2D eigenvalue weighted by Crippen LogP contribution is -2.39. The number of hydrogen-bond acceptors (Lipinski definition) is 5.